The molecule has 0 saturated heterocycles. The lowest BCUT2D eigenvalue weighted by atomic mass is 9.96. The van der Waals surface area contributed by atoms with E-state index in [1.165, 1.54) is 67.2 Å². The second-order valence-electron chi connectivity index (χ2n) is 6.80. The van der Waals surface area contributed by atoms with Crippen molar-refractivity contribution in [2.24, 2.45) is 0 Å². The maximum absolute atomic E-state index is 4.94. The van der Waals surface area contributed by atoms with Crippen LogP contribution in [0.2, 0.25) is 0 Å². The average Bonchev–Trinajstić information content (AvgIpc) is 3.19. The molecule has 6 heteroatoms. The first kappa shape index (κ1) is 13.7. The zero-order valence-corrected chi connectivity index (χ0v) is 14.0. The molecule has 3 heterocycles. The number of nitrogens with zero attached hydrogens (tertiary/aromatic N) is 4. The van der Waals surface area contributed by atoms with E-state index in [0.29, 0.717) is 6.04 Å². The number of aryl methyl sites for hydroxylation is 2. The van der Waals surface area contributed by atoms with Gasteiger partial charge < -0.3 is 5.32 Å². The van der Waals surface area contributed by atoms with E-state index in [9.17, 15) is 0 Å². The molecule has 0 aliphatic heterocycles. The van der Waals surface area contributed by atoms with Gasteiger partial charge >= 0.3 is 0 Å². The molecule has 0 unspecified atom stereocenters. The summed E-state index contributed by atoms with van der Waals surface area (Å²) in [7, 11) is 0. The van der Waals surface area contributed by atoms with Crippen LogP contribution in [0.4, 0.5) is 5.95 Å². The van der Waals surface area contributed by atoms with E-state index >= 15 is 0 Å². The molecule has 2 aliphatic rings. The smallest absolute Gasteiger partial charge is 0.227 e. The molecule has 2 aliphatic carbocycles. The Hall–Kier alpha value is -1.69. The van der Waals surface area contributed by atoms with E-state index in [0.717, 1.165) is 22.8 Å². The molecule has 1 fully saturated rings. The van der Waals surface area contributed by atoms with Gasteiger partial charge in [0.1, 0.15) is 11.2 Å². The fourth-order valence-corrected chi connectivity index (χ4v) is 5.35. The van der Waals surface area contributed by atoms with Gasteiger partial charge in [0.05, 0.1) is 5.39 Å². The number of hydrogen-bond acceptors (Lipinski definition) is 5. The van der Waals surface area contributed by atoms with Crippen LogP contribution in [-0.2, 0) is 12.8 Å². The molecule has 0 amide bonds. The zero-order chi connectivity index (χ0) is 15.2. The quantitative estimate of drug-likeness (QED) is 0.774. The van der Waals surface area contributed by atoms with E-state index in [1.54, 1.807) is 6.33 Å². The molecule has 23 heavy (non-hydrogen) atoms. The molecular weight excluding hydrogens is 306 g/mol. The Morgan fingerprint density at radius 3 is 2.87 bits per heavy atom. The number of thiophene rings is 1. The number of rotatable bonds is 2. The van der Waals surface area contributed by atoms with Crippen LogP contribution in [0.5, 0.6) is 0 Å². The van der Waals surface area contributed by atoms with E-state index in [4.69, 9.17) is 4.98 Å². The van der Waals surface area contributed by atoms with Gasteiger partial charge in [0.25, 0.3) is 0 Å². The molecule has 0 radical (unpaired) electrons. The highest BCUT2D eigenvalue weighted by Crippen LogP contribution is 2.38. The molecule has 3 aromatic rings. The third kappa shape index (κ3) is 2.23. The molecular formula is C17H21N5S. The maximum Gasteiger partial charge on any atom is 0.227 e. The van der Waals surface area contributed by atoms with Crippen LogP contribution in [0.3, 0.4) is 0 Å². The number of nitrogens with one attached hydrogen (secondary N) is 1. The second kappa shape index (κ2) is 5.44. The van der Waals surface area contributed by atoms with Gasteiger partial charge in [-0.2, -0.15) is 9.61 Å². The van der Waals surface area contributed by atoms with Gasteiger partial charge in [-0.1, -0.05) is 19.3 Å². The predicted octanol–water partition coefficient (Wildman–Crippen LogP) is 3.96. The third-order valence-corrected chi connectivity index (χ3v) is 6.46. The van der Waals surface area contributed by atoms with Crippen molar-refractivity contribution in [3.05, 3.63) is 16.8 Å². The number of anilines is 1. The Morgan fingerprint density at radius 1 is 1.09 bits per heavy atom. The summed E-state index contributed by atoms with van der Waals surface area (Å²) in [4.78, 5) is 12.1. The van der Waals surface area contributed by atoms with Gasteiger partial charge in [0, 0.05) is 10.9 Å². The summed E-state index contributed by atoms with van der Waals surface area (Å²) in [5.74, 6) is 0.871. The summed E-state index contributed by atoms with van der Waals surface area (Å²) >= 11 is 1.86. The van der Waals surface area contributed by atoms with Gasteiger partial charge in [-0.3, -0.25) is 0 Å². The Balaban J connectivity index is 1.65. The fourth-order valence-electron chi connectivity index (χ4n) is 4.09. The van der Waals surface area contributed by atoms with Crippen molar-refractivity contribution >= 4 is 33.1 Å². The van der Waals surface area contributed by atoms with Crippen LogP contribution >= 0.6 is 11.3 Å². The standard InChI is InChI=1S/C17H21N5S/c1-2-6-11(7-3-1)20-17-21-16-14(15-18-10-19-22(15)17)12-8-4-5-9-13(12)23-16/h10-11H,1-9H2,(H,20,21). The van der Waals surface area contributed by atoms with E-state index in [-0.39, 0.29) is 0 Å². The van der Waals surface area contributed by atoms with Crippen molar-refractivity contribution in [2.45, 2.75) is 63.8 Å². The average molecular weight is 327 g/mol. The Bertz CT molecular complexity index is 859. The van der Waals surface area contributed by atoms with Crippen molar-refractivity contribution in [1.29, 1.82) is 0 Å². The lowest BCUT2D eigenvalue weighted by Gasteiger charge is -2.23. The van der Waals surface area contributed by atoms with E-state index < -0.39 is 0 Å². The molecule has 120 valence electrons. The summed E-state index contributed by atoms with van der Waals surface area (Å²) in [6, 6.07) is 0.524. The van der Waals surface area contributed by atoms with Crippen molar-refractivity contribution in [1.82, 2.24) is 19.6 Å². The van der Waals surface area contributed by atoms with Gasteiger partial charge in [-0.05, 0) is 44.1 Å². The van der Waals surface area contributed by atoms with Crippen LogP contribution in [0.25, 0.3) is 15.9 Å². The molecule has 5 nitrogen and oxygen atoms in total. The molecule has 0 atom stereocenters. The van der Waals surface area contributed by atoms with Crippen molar-refractivity contribution < 1.29 is 0 Å². The molecule has 3 aromatic heterocycles. The van der Waals surface area contributed by atoms with Gasteiger partial charge in [0.15, 0.2) is 5.65 Å². The predicted molar refractivity (Wildman–Crippen MR) is 93.3 cm³/mol. The normalized spacial score (nSPS) is 19.3. The fraction of sp³-hybridized carbons (Fsp3) is 0.588. The SMILES string of the molecule is c1nc2c3c4c(sc3nc(NC3CCCCC3)n2n1)CCCC4. The Labute approximate surface area is 139 Å². The molecule has 0 spiro atoms. The summed E-state index contributed by atoms with van der Waals surface area (Å²) in [5.41, 5.74) is 2.46. The monoisotopic (exact) mass is 327 g/mol. The number of hydrogen-bond donors (Lipinski definition) is 1. The third-order valence-electron chi connectivity index (χ3n) is 5.27. The number of fused-ring (bicyclic) bond motifs is 5. The molecule has 5 rings (SSSR count). The molecule has 0 bridgehead atoms. The lowest BCUT2D eigenvalue weighted by Crippen LogP contribution is -2.24. The van der Waals surface area contributed by atoms with Crippen LogP contribution in [0, 0.1) is 0 Å². The number of aromatic nitrogens is 4. The first-order valence-corrected chi connectivity index (χ1v) is 9.62. The molecule has 1 N–H and O–H groups in total. The highest BCUT2D eigenvalue weighted by Gasteiger charge is 2.23. The first-order valence-electron chi connectivity index (χ1n) is 8.80. The van der Waals surface area contributed by atoms with Crippen molar-refractivity contribution in [2.75, 3.05) is 5.32 Å². The minimum absolute atomic E-state index is 0.524. The highest BCUT2D eigenvalue weighted by atomic mass is 32.1. The van der Waals surface area contributed by atoms with Crippen LogP contribution < -0.4 is 5.32 Å². The van der Waals surface area contributed by atoms with Crippen LogP contribution in [-0.4, -0.2) is 25.6 Å². The molecule has 0 aromatic carbocycles. The minimum atomic E-state index is 0.524. The Morgan fingerprint density at radius 2 is 1.96 bits per heavy atom. The van der Waals surface area contributed by atoms with E-state index in [2.05, 4.69) is 15.4 Å². The van der Waals surface area contributed by atoms with Crippen molar-refractivity contribution in [3.8, 4) is 0 Å². The van der Waals surface area contributed by atoms with Gasteiger partial charge in [0.2, 0.25) is 5.95 Å². The van der Waals surface area contributed by atoms with Crippen LogP contribution in [0.1, 0.15) is 55.4 Å². The topological polar surface area (TPSA) is 55.1 Å². The first-order chi connectivity index (χ1) is 11.4. The van der Waals surface area contributed by atoms with E-state index in [1.807, 2.05) is 15.9 Å². The summed E-state index contributed by atoms with van der Waals surface area (Å²) < 4.78 is 1.92. The summed E-state index contributed by atoms with van der Waals surface area (Å²) in [6.45, 7) is 0. The highest BCUT2D eigenvalue weighted by molar-refractivity contribution is 7.19. The zero-order valence-electron chi connectivity index (χ0n) is 13.2. The summed E-state index contributed by atoms with van der Waals surface area (Å²) in [6.07, 6.45) is 13.1. The Kier molecular flexibility index (Phi) is 3.25. The second-order valence-corrected chi connectivity index (χ2v) is 7.88. The van der Waals surface area contributed by atoms with Crippen LogP contribution in [0.15, 0.2) is 6.33 Å². The minimum Gasteiger partial charge on any atom is -0.351 e. The molecule has 1 saturated carbocycles. The van der Waals surface area contributed by atoms with Gasteiger partial charge in [-0.25, -0.2) is 9.97 Å². The lowest BCUT2D eigenvalue weighted by molar-refractivity contribution is 0.460. The van der Waals surface area contributed by atoms with Crippen molar-refractivity contribution in [3.63, 3.8) is 0 Å². The summed E-state index contributed by atoms with van der Waals surface area (Å²) in [5, 5.41) is 9.33. The maximum atomic E-state index is 4.94. The van der Waals surface area contributed by atoms with Gasteiger partial charge in [-0.15, -0.1) is 11.3 Å². The largest absolute Gasteiger partial charge is 0.351 e.